The van der Waals surface area contributed by atoms with Crippen LogP contribution in [0.25, 0.3) is 0 Å². The van der Waals surface area contributed by atoms with E-state index in [2.05, 4.69) is 4.98 Å². The largest absolute Gasteiger partial charge is 0.336 e. The van der Waals surface area contributed by atoms with Crippen molar-refractivity contribution in [3.8, 4) is 0 Å². The Morgan fingerprint density at radius 2 is 1.68 bits per heavy atom. The summed E-state index contributed by atoms with van der Waals surface area (Å²) in [5.41, 5.74) is 0.312. The number of benzene rings is 1. The van der Waals surface area contributed by atoms with Gasteiger partial charge in [-0.15, -0.1) is 0 Å². The second-order valence-electron chi connectivity index (χ2n) is 5.47. The Hall–Kier alpha value is -1.67. The van der Waals surface area contributed by atoms with Crippen molar-refractivity contribution >= 4 is 39.1 Å². The Morgan fingerprint density at radius 1 is 1.00 bits per heavy atom. The molecule has 1 fully saturated rings. The summed E-state index contributed by atoms with van der Waals surface area (Å²) < 4.78 is 26.8. The zero-order valence-corrected chi connectivity index (χ0v) is 15.4. The maximum atomic E-state index is 12.7. The molecule has 0 bridgehead atoms. The maximum absolute atomic E-state index is 12.7. The van der Waals surface area contributed by atoms with Gasteiger partial charge in [0.2, 0.25) is 10.0 Å². The topological polar surface area (TPSA) is 70.6 Å². The molecule has 1 aliphatic heterocycles. The highest BCUT2D eigenvalue weighted by Gasteiger charge is 2.32. The lowest BCUT2D eigenvalue weighted by atomic mass is 10.2. The summed E-state index contributed by atoms with van der Waals surface area (Å²) in [7, 11) is -3.69. The molecule has 1 aromatic carbocycles. The van der Waals surface area contributed by atoms with E-state index >= 15 is 0 Å². The van der Waals surface area contributed by atoms with Gasteiger partial charge in [-0.2, -0.15) is 4.31 Å². The molecule has 0 unspecified atom stereocenters. The number of carbonyl (C=O) groups excluding carboxylic acids is 1. The number of nitrogens with zero attached hydrogens (tertiary/aromatic N) is 3. The first-order chi connectivity index (χ1) is 11.9. The normalized spacial score (nSPS) is 16.0. The number of hydrogen-bond acceptors (Lipinski definition) is 4. The molecule has 1 aliphatic rings. The molecule has 0 atom stereocenters. The number of pyridine rings is 1. The summed E-state index contributed by atoms with van der Waals surface area (Å²) in [5.74, 6) is -0.257. The van der Waals surface area contributed by atoms with Crippen LogP contribution in [0.15, 0.2) is 47.5 Å². The third kappa shape index (κ3) is 3.64. The lowest BCUT2D eigenvalue weighted by Gasteiger charge is -2.34. The molecule has 2 aromatic rings. The number of amides is 1. The van der Waals surface area contributed by atoms with Crippen LogP contribution >= 0.6 is 23.2 Å². The van der Waals surface area contributed by atoms with Crippen molar-refractivity contribution < 1.29 is 13.2 Å². The van der Waals surface area contributed by atoms with E-state index in [1.54, 1.807) is 35.2 Å². The third-order valence-corrected chi connectivity index (χ3v) is 6.67. The second-order valence-corrected chi connectivity index (χ2v) is 8.14. The Bertz CT molecular complexity index is 897. The van der Waals surface area contributed by atoms with Crippen molar-refractivity contribution in [2.24, 2.45) is 0 Å². The van der Waals surface area contributed by atoms with E-state index in [1.165, 1.54) is 16.6 Å². The quantitative estimate of drug-likeness (QED) is 0.743. The molecule has 132 valence electrons. The van der Waals surface area contributed by atoms with E-state index < -0.39 is 10.0 Å². The van der Waals surface area contributed by atoms with Gasteiger partial charge >= 0.3 is 0 Å². The van der Waals surface area contributed by atoms with E-state index in [-0.39, 0.29) is 47.2 Å². The molecule has 0 saturated carbocycles. The summed E-state index contributed by atoms with van der Waals surface area (Å²) in [4.78, 5) is 18.1. The fraction of sp³-hybridized carbons (Fsp3) is 0.250. The van der Waals surface area contributed by atoms with Crippen molar-refractivity contribution in [3.63, 3.8) is 0 Å². The van der Waals surface area contributed by atoms with E-state index in [9.17, 15) is 13.2 Å². The summed E-state index contributed by atoms with van der Waals surface area (Å²) in [6.07, 6.45) is 1.51. The molecular weight excluding hydrogens is 385 g/mol. The molecule has 1 saturated heterocycles. The van der Waals surface area contributed by atoms with Crippen LogP contribution in [0.1, 0.15) is 10.4 Å². The smallest absolute Gasteiger partial charge is 0.257 e. The van der Waals surface area contributed by atoms with Crippen molar-refractivity contribution in [2.75, 3.05) is 26.2 Å². The van der Waals surface area contributed by atoms with Gasteiger partial charge in [-0.25, -0.2) is 13.4 Å². The van der Waals surface area contributed by atoms with Crippen LogP contribution in [0, 0.1) is 0 Å². The number of rotatable bonds is 3. The van der Waals surface area contributed by atoms with Gasteiger partial charge in [-0.1, -0.05) is 35.3 Å². The monoisotopic (exact) mass is 399 g/mol. The Kier molecular flexibility index (Phi) is 5.29. The summed E-state index contributed by atoms with van der Waals surface area (Å²) in [6.45, 7) is 0.926. The molecule has 2 heterocycles. The molecule has 0 aliphatic carbocycles. The first-order valence-electron chi connectivity index (χ1n) is 7.56. The average Bonchev–Trinajstić information content (AvgIpc) is 2.62. The minimum atomic E-state index is -3.69. The highest BCUT2D eigenvalue weighted by Crippen LogP contribution is 2.25. The van der Waals surface area contributed by atoms with Crippen LogP contribution in [-0.4, -0.2) is 54.7 Å². The molecule has 1 amide bonds. The molecule has 9 heteroatoms. The van der Waals surface area contributed by atoms with Gasteiger partial charge in [0, 0.05) is 32.4 Å². The van der Waals surface area contributed by atoms with Crippen LogP contribution in [-0.2, 0) is 10.0 Å². The van der Waals surface area contributed by atoms with Crippen LogP contribution in [0.4, 0.5) is 0 Å². The van der Waals surface area contributed by atoms with Crippen molar-refractivity contribution in [2.45, 2.75) is 4.90 Å². The minimum Gasteiger partial charge on any atom is -0.336 e. The zero-order chi connectivity index (χ0) is 18.0. The molecule has 1 aromatic heterocycles. The lowest BCUT2D eigenvalue weighted by molar-refractivity contribution is 0.0697. The SMILES string of the molecule is O=C(c1cccnc1Cl)N1CCN(S(=O)(=O)c2ccccc2Cl)CC1. The first kappa shape index (κ1) is 18.1. The average molecular weight is 400 g/mol. The summed E-state index contributed by atoms with van der Waals surface area (Å²) >= 11 is 12.0. The van der Waals surface area contributed by atoms with Gasteiger partial charge in [0.15, 0.2) is 0 Å². The molecule has 25 heavy (non-hydrogen) atoms. The Balaban J connectivity index is 1.73. The second kappa shape index (κ2) is 7.29. The van der Waals surface area contributed by atoms with Gasteiger partial charge in [0.25, 0.3) is 5.91 Å². The molecule has 0 N–H and O–H groups in total. The maximum Gasteiger partial charge on any atom is 0.257 e. The Morgan fingerprint density at radius 3 is 2.32 bits per heavy atom. The molecule has 0 spiro atoms. The minimum absolute atomic E-state index is 0.0757. The standard InChI is InChI=1S/C16H15Cl2N3O3S/c17-13-5-1-2-6-14(13)25(23,24)21-10-8-20(9-11-21)16(22)12-4-3-7-19-15(12)18/h1-7H,8-11H2. The number of sulfonamides is 1. The highest BCUT2D eigenvalue weighted by atomic mass is 35.5. The summed E-state index contributed by atoms with van der Waals surface area (Å²) in [5, 5.41) is 0.321. The highest BCUT2D eigenvalue weighted by molar-refractivity contribution is 7.89. The van der Waals surface area contributed by atoms with Crippen molar-refractivity contribution in [3.05, 3.63) is 58.3 Å². The van der Waals surface area contributed by atoms with Crippen LogP contribution in [0.2, 0.25) is 10.2 Å². The number of halogens is 2. The molecular formula is C16H15Cl2N3O3S. The molecule has 6 nitrogen and oxygen atoms in total. The predicted octanol–water partition coefficient (Wildman–Crippen LogP) is 2.54. The lowest BCUT2D eigenvalue weighted by Crippen LogP contribution is -2.50. The van der Waals surface area contributed by atoms with Crippen LogP contribution < -0.4 is 0 Å². The molecule has 3 rings (SSSR count). The van der Waals surface area contributed by atoms with Gasteiger partial charge in [-0.05, 0) is 24.3 Å². The molecule has 0 radical (unpaired) electrons. The third-order valence-electron chi connectivity index (χ3n) is 3.97. The first-order valence-corrected chi connectivity index (χ1v) is 9.75. The number of carbonyl (C=O) groups is 1. The number of hydrogen-bond donors (Lipinski definition) is 0. The zero-order valence-electron chi connectivity index (χ0n) is 13.1. The van der Waals surface area contributed by atoms with Gasteiger partial charge in [0.1, 0.15) is 10.0 Å². The van der Waals surface area contributed by atoms with Crippen molar-refractivity contribution in [1.29, 1.82) is 0 Å². The van der Waals surface area contributed by atoms with E-state index in [1.807, 2.05) is 0 Å². The fourth-order valence-electron chi connectivity index (χ4n) is 2.64. The van der Waals surface area contributed by atoms with Gasteiger partial charge < -0.3 is 4.90 Å². The number of aromatic nitrogens is 1. The Labute approximate surface area is 156 Å². The van der Waals surface area contributed by atoms with Gasteiger partial charge in [0.05, 0.1) is 10.6 Å². The fourth-order valence-corrected chi connectivity index (χ4v) is 4.76. The van der Waals surface area contributed by atoms with Crippen LogP contribution in [0.3, 0.4) is 0 Å². The van der Waals surface area contributed by atoms with E-state index in [4.69, 9.17) is 23.2 Å². The predicted molar refractivity (Wildman–Crippen MR) is 95.4 cm³/mol. The van der Waals surface area contributed by atoms with E-state index in [0.717, 1.165) is 0 Å². The van der Waals surface area contributed by atoms with E-state index in [0.29, 0.717) is 5.56 Å². The van der Waals surface area contributed by atoms with Gasteiger partial charge in [-0.3, -0.25) is 4.79 Å². The number of piperazine rings is 1. The summed E-state index contributed by atoms with van der Waals surface area (Å²) in [6, 6.07) is 9.56. The van der Waals surface area contributed by atoms with Crippen molar-refractivity contribution in [1.82, 2.24) is 14.2 Å². The van der Waals surface area contributed by atoms with Crippen LogP contribution in [0.5, 0.6) is 0 Å².